The van der Waals surface area contributed by atoms with E-state index in [4.69, 9.17) is 0 Å². The van der Waals surface area contributed by atoms with Gasteiger partial charge in [0.05, 0.1) is 35.0 Å². The zero-order valence-electron chi connectivity index (χ0n) is 16.9. The molecule has 4 aromatic rings. The standard InChI is InChI=1S/C22H20F3N5O/c1-3-29-18-11-7-5-9-16(18)28-19(29)13-26-21(31)15-12-27-30(20(15)22(23,24)25)17-10-6-4-8-14(17)2/h4-12H,3,13H2,1-2H3,(H,26,31). The normalized spacial score (nSPS) is 11.8. The van der Waals surface area contributed by atoms with Gasteiger partial charge in [-0.05, 0) is 37.6 Å². The molecular weight excluding hydrogens is 407 g/mol. The van der Waals surface area contributed by atoms with Crippen LogP contribution < -0.4 is 5.32 Å². The zero-order valence-corrected chi connectivity index (χ0v) is 16.9. The number of hydrogen-bond acceptors (Lipinski definition) is 3. The van der Waals surface area contributed by atoms with Gasteiger partial charge in [-0.3, -0.25) is 4.79 Å². The molecule has 0 aliphatic heterocycles. The number of nitrogens with zero attached hydrogens (tertiary/aromatic N) is 4. The SMILES string of the molecule is CCn1c(CNC(=O)c2cnn(-c3ccccc3C)c2C(F)(F)F)nc2ccccc21. The topological polar surface area (TPSA) is 64.7 Å². The number of benzene rings is 2. The van der Waals surface area contributed by atoms with Crippen LogP contribution in [0, 0.1) is 6.92 Å². The average Bonchev–Trinajstić information content (AvgIpc) is 3.33. The van der Waals surface area contributed by atoms with Gasteiger partial charge in [0.1, 0.15) is 5.82 Å². The fourth-order valence-corrected chi connectivity index (χ4v) is 3.64. The van der Waals surface area contributed by atoms with Crippen LogP contribution in [-0.4, -0.2) is 25.2 Å². The Kier molecular flexibility index (Phi) is 5.26. The number of para-hydroxylation sites is 3. The lowest BCUT2D eigenvalue weighted by atomic mass is 10.1. The molecule has 160 valence electrons. The van der Waals surface area contributed by atoms with Crippen molar-refractivity contribution in [1.29, 1.82) is 0 Å². The van der Waals surface area contributed by atoms with Crippen molar-refractivity contribution in [3.63, 3.8) is 0 Å². The predicted molar refractivity (Wildman–Crippen MR) is 110 cm³/mol. The number of aryl methyl sites for hydroxylation is 2. The summed E-state index contributed by atoms with van der Waals surface area (Å²) >= 11 is 0. The maximum Gasteiger partial charge on any atom is 0.434 e. The molecule has 0 saturated heterocycles. The van der Waals surface area contributed by atoms with Crippen LogP contribution in [0.15, 0.2) is 54.7 Å². The number of imidazole rings is 1. The predicted octanol–water partition coefficient (Wildman–Crippen LogP) is 4.50. The molecule has 0 bridgehead atoms. The number of fused-ring (bicyclic) bond motifs is 1. The maximum absolute atomic E-state index is 13.9. The number of alkyl halides is 3. The van der Waals surface area contributed by atoms with E-state index >= 15 is 0 Å². The summed E-state index contributed by atoms with van der Waals surface area (Å²) < 4.78 is 44.3. The first-order chi connectivity index (χ1) is 14.8. The molecule has 2 heterocycles. The summed E-state index contributed by atoms with van der Waals surface area (Å²) in [6, 6.07) is 14.1. The molecule has 1 N–H and O–H groups in total. The molecule has 2 aromatic carbocycles. The van der Waals surface area contributed by atoms with Gasteiger partial charge < -0.3 is 9.88 Å². The van der Waals surface area contributed by atoms with Gasteiger partial charge in [-0.25, -0.2) is 9.67 Å². The molecule has 0 fully saturated rings. The van der Waals surface area contributed by atoms with Crippen LogP contribution in [0.25, 0.3) is 16.7 Å². The average molecular weight is 427 g/mol. The Morgan fingerprint density at radius 2 is 1.81 bits per heavy atom. The largest absolute Gasteiger partial charge is 0.434 e. The quantitative estimate of drug-likeness (QED) is 0.510. The van der Waals surface area contributed by atoms with Gasteiger partial charge >= 0.3 is 6.18 Å². The molecule has 2 aromatic heterocycles. The van der Waals surface area contributed by atoms with E-state index in [0.717, 1.165) is 21.9 Å². The highest BCUT2D eigenvalue weighted by molar-refractivity contribution is 5.95. The molecular formula is C22H20F3N5O. The van der Waals surface area contributed by atoms with Crippen LogP contribution in [0.5, 0.6) is 0 Å². The first-order valence-electron chi connectivity index (χ1n) is 9.74. The number of carbonyl (C=O) groups excluding carboxylic acids is 1. The summed E-state index contributed by atoms with van der Waals surface area (Å²) in [6.45, 7) is 4.23. The molecule has 4 rings (SSSR count). The van der Waals surface area contributed by atoms with Crippen LogP contribution >= 0.6 is 0 Å². The number of carbonyl (C=O) groups is 1. The van der Waals surface area contributed by atoms with Gasteiger partial charge in [0.15, 0.2) is 5.69 Å². The van der Waals surface area contributed by atoms with Crippen molar-refractivity contribution in [3.05, 3.63) is 77.4 Å². The van der Waals surface area contributed by atoms with Crippen LogP contribution in [0.2, 0.25) is 0 Å². The third kappa shape index (κ3) is 3.78. The molecule has 0 saturated carbocycles. The number of hydrogen-bond donors (Lipinski definition) is 1. The van der Waals surface area contributed by atoms with Crippen LogP contribution in [0.4, 0.5) is 13.2 Å². The Balaban J connectivity index is 1.66. The Hall–Kier alpha value is -3.62. The zero-order chi connectivity index (χ0) is 22.2. The lowest BCUT2D eigenvalue weighted by Crippen LogP contribution is -2.27. The van der Waals surface area contributed by atoms with Crippen molar-refractivity contribution in [2.45, 2.75) is 33.1 Å². The molecule has 1 amide bonds. The molecule has 0 spiro atoms. The van der Waals surface area contributed by atoms with E-state index in [1.165, 1.54) is 6.07 Å². The number of amides is 1. The third-order valence-corrected chi connectivity index (χ3v) is 5.08. The second-order valence-corrected chi connectivity index (χ2v) is 7.05. The van der Waals surface area contributed by atoms with E-state index < -0.39 is 23.3 Å². The van der Waals surface area contributed by atoms with E-state index in [9.17, 15) is 18.0 Å². The summed E-state index contributed by atoms with van der Waals surface area (Å²) in [5.41, 5.74) is 0.897. The van der Waals surface area contributed by atoms with Gasteiger partial charge in [0.25, 0.3) is 5.91 Å². The molecule has 31 heavy (non-hydrogen) atoms. The number of halogens is 3. The Labute approximate surface area is 176 Å². The molecule has 6 nitrogen and oxygen atoms in total. The van der Waals surface area contributed by atoms with Crippen LogP contribution in [-0.2, 0) is 19.3 Å². The fraction of sp³-hybridized carbons (Fsp3) is 0.227. The molecule has 0 unspecified atom stereocenters. The van der Waals surface area contributed by atoms with Gasteiger partial charge in [-0.1, -0.05) is 30.3 Å². The summed E-state index contributed by atoms with van der Waals surface area (Å²) in [7, 11) is 0. The molecule has 0 aliphatic rings. The van der Waals surface area contributed by atoms with E-state index in [1.807, 2.05) is 35.8 Å². The van der Waals surface area contributed by atoms with Gasteiger partial charge in [-0.2, -0.15) is 18.3 Å². The smallest absolute Gasteiger partial charge is 0.345 e. The highest BCUT2D eigenvalue weighted by atomic mass is 19.4. The first-order valence-corrected chi connectivity index (χ1v) is 9.74. The van der Waals surface area contributed by atoms with E-state index in [2.05, 4.69) is 15.4 Å². The van der Waals surface area contributed by atoms with Crippen molar-refractivity contribution in [2.75, 3.05) is 0 Å². The van der Waals surface area contributed by atoms with E-state index in [1.54, 1.807) is 25.1 Å². The van der Waals surface area contributed by atoms with Crippen molar-refractivity contribution < 1.29 is 18.0 Å². The monoisotopic (exact) mass is 427 g/mol. The molecule has 9 heteroatoms. The maximum atomic E-state index is 13.9. The second-order valence-electron chi connectivity index (χ2n) is 7.05. The Morgan fingerprint density at radius 1 is 1.10 bits per heavy atom. The van der Waals surface area contributed by atoms with Crippen molar-refractivity contribution in [2.24, 2.45) is 0 Å². The summed E-state index contributed by atoms with van der Waals surface area (Å²) in [4.78, 5) is 17.2. The minimum Gasteiger partial charge on any atom is -0.345 e. The number of nitrogens with one attached hydrogen (secondary N) is 1. The molecule has 0 aliphatic carbocycles. The van der Waals surface area contributed by atoms with E-state index in [0.29, 0.717) is 17.9 Å². The highest BCUT2D eigenvalue weighted by Gasteiger charge is 2.40. The Bertz CT molecular complexity index is 1260. The summed E-state index contributed by atoms with van der Waals surface area (Å²) in [5.74, 6) is -0.293. The number of rotatable bonds is 5. The Morgan fingerprint density at radius 3 is 2.52 bits per heavy atom. The van der Waals surface area contributed by atoms with Crippen LogP contribution in [0.1, 0.15) is 34.4 Å². The summed E-state index contributed by atoms with van der Waals surface area (Å²) in [5, 5.41) is 6.44. The summed E-state index contributed by atoms with van der Waals surface area (Å²) in [6.07, 6.45) is -3.81. The second kappa shape index (κ2) is 7.90. The minimum atomic E-state index is -4.76. The molecule has 0 radical (unpaired) electrons. The lowest BCUT2D eigenvalue weighted by Gasteiger charge is -2.14. The van der Waals surface area contributed by atoms with Gasteiger partial charge in [-0.15, -0.1) is 0 Å². The lowest BCUT2D eigenvalue weighted by molar-refractivity contribution is -0.143. The number of aromatic nitrogens is 4. The van der Waals surface area contributed by atoms with Crippen LogP contribution in [0.3, 0.4) is 0 Å². The fourth-order valence-electron chi connectivity index (χ4n) is 3.64. The first kappa shape index (κ1) is 20.6. The van der Waals surface area contributed by atoms with Crippen molar-refractivity contribution >= 4 is 16.9 Å². The van der Waals surface area contributed by atoms with Gasteiger partial charge in [0, 0.05) is 6.54 Å². The van der Waals surface area contributed by atoms with Crippen molar-refractivity contribution in [3.8, 4) is 5.69 Å². The molecule has 0 atom stereocenters. The highest BCUT2D eigenvalue weighted by Crippen LogP contribution is 2.34. The minimum absolute atomic E-state index is 0.00576. The van der Waals surface area contributed by atoms with Crippen molar-refractivity contribution in [1.82, 2.24) is 24.6 Å². The third-order valence-electron chi connectivity index (χ3n) is 5.08. The van der Waals surface area contributed by atoms with E-state index in [-0.39, 0.29) is 12.2 Å². The van der Waals surface area contributed by atoms with Gasteiger partial charge in [0.2, 0.25) is 0 Å².